The van der Waals surface area contributed by atoms with E-state index in [0.717, 1.165) is 13.8 Å². The van der Waals surface area contributed by atoms with E-state index in [2.05, 4.69) is 10.6 Å². The van der Waals surface area contributed by atoms with Crippen molar-refractivity contribution in [3.8, 4) is 0 Å². The van der Waals surface area contributed by atoms with Crippen molar-refractivity contribution in [3.63, 3.8) is 0 Å². The first-order chi connectivity index (χ1) is 38.6. The third kappa shape index (κ3) is 14.5. The van der Waals surface area contributed by atoms with Gasteiger partial charge in [-0.1, -0.05) is 0 Å². The van der Waals surface area contributed by atoms with Crippen LogP contribution in [0.1, 0.15) is 27.7 Å². The van der Waals surface area contributed by atoms with Crippen molar-refractivity contribution >= 4 is 11.8 Å². The van der Waals surface area contributed by atoms with E-state index in [9.17, 15) is 107 Å². The number of hydrogen-bond donors (Lipinski definition) is 21. The number of rotatable bonds is 20. The summed E-state index contributed by atoms with van der Waals surface area (Å²) in [6.07, 6.45) is -59.9. The van der Waals surface area contributed by atoms with Crippen LogP contribution in [0, 0.1) is 0 Å². The minimum absolute atomic E-state index is 0.715. The zero-order chi connectivity index (χ0) is 60.5. The molecule has 0 aliphatic carbocycles. The smallest absolute Gasteiger partial charge is 0.217 e. The van der Waals surface area contributed by atoms with Crippen molar-refractivity contribution in [3.05, 3.63) is 0 Å². The van der Waals surface area contributed by atoms with Gasteiger partial charge in [-0.3, -0.25) is 9.59 Å². The molecule has 476 valence electrons. The summed E-state index contributed by atoms with van der Waals surface area (Å²) in [5.74, 6) is -1.46. The highest BCUT2D eigenvalue weighted by Gasteiger charge is 2.58. The molecule has 0 aromatic heterocycles. The van der Waals surface area contributed by atoms with Gasteiger partial charge in [0, 0.05) is 13.8 Å². The Morgan fingerprint density at radius 3 is 1.49 bits per heavy atom. The molecule has 35 atom stereocenters. The Morgan fingerprint density at radius 1 is 0.402 bits per heavy atom. The first-order valence-corrected chi connectivity index (χ1v) is 26.3. The van der Waals surface area contributed by atoms with Gasteiger partial charge in [-0.2, -0.15) is 0 Å². The SMILES string of the molecule is CC(=O)N[C@H]1[C@@H](O[C@H]2[C@H](O)[C@@H](C)O[C@@H](O[C@H]3[C@H](O)[C@@H](O)[C@H](OC[C@@H](O)[C@@H]4O[C@@H](OC[C@H]5O[C@@H](O[C@H]6[C@@H](O)[C@@H](CO)OC(O)[C@@H]6NC(C)=O)[C@H](O)[C@@H](O)[C@H]5O)[C@H](O)[C@H]4O)O[C@@H]3CO)[C@H]2O[C@@H]2O[C@@H](C)[C@H](O)[C@@H](O)[C@H]2O)O[C@H](CO)[C@H](O)[C@@H]1O. The predicted octanol–water partition coefficient (Wildman–Crippen LogP) is -13.9. The monoisotopic (exact) mass is 1200 g/mol. The molecule has 1 unspecified atom stereocenters. The van der Waals surface area contributed by atoms with Crippen molar-refractivity contribution in [1.82, 2.24) is 10.6 Å². The molecular weight excluding hydrogens is 1120 g/mol. The number of carbonyl (C=O) groups is 2. The molecule has 0 radical (unpaired) electrons. The Hall–Kier alpha value is -2.34. The number of carbonyl (C=O) groups excluding carboxylic acids is 2. The second kappa shape index (κ2) is 28.7. The number of nitrogens with one attached hydrogen (secondary N) is 2. The molecule has 7 saturated heterocycles. The van der Waals surface area contributed by atoms with Crippen LogP contribution < -0.4 is 10.6 Å². The molecule has 0 aromatic rings. The highest BCUT2D eigenvalue weighted by Crippen LogP contribution is 2.37. The lowest BCUT2D eigenvalue weighted by molar-refractivity contribution is -0.399. The van der Waals surface area contributed by atoms with Gasteiger partial charge in [0.05, 0.1) is 45.2 Å². The van der Waals surface area contributed by atoms with Crippen molar-refractivity contribution in [1.29, 1.82) is 0 Å². The molecule has 21 N–H and O–H groups in total. The van der Waals surface area contributed by atoms with Crippen LogP contribution in [0.5, 0.6) is 0 Å². The van der Waals surface area contributed by atoms with E-state index in [1.165, 1.54) is 13.8 Å². The Balaban J connectivity index is 1.00. The van der Waals surface area contributed by atoms with Crippen LogP contribution in [0.15, 0.2) is 0 Å². The highest BCUT2D eigenvalue weighted by atomic mass is 16.8. The van der Waals surface area contributed by atoms with E-state index in [-0.39, 0.29) is 0 Å². The van der Waals surface area contributed by atoms with Gasteiger partial charge in [0.25, 0.3) is 0 Å². The van der Waals surface area contributed by atoms with E-state index >= 15 is 0 Å². The van der Waals surface area contributed by atoms with E-state index < -0.39 is 260 Å². The molecule has 36 heteroatoms. The van der Waals surface area contributed by atoms with E-state index in [0.29, 0.717) is 0 Å². The van der Waals surface area contributed by atoms with Crippen LogP contribution in [-0.2, 0) is 71.2 Å². The average molecular weight is 1200 g/mol. The van der Waals surface area contributed by atoms with Crippen LogP contribution >= 0.6 is 0 Å². The van der Waals surface area contributed by atoms with E-state index in [4.69, 9.17) is 61.6 Å². The van der Waals surface area contributed by atoms with Crippen molar-refractivity contribution in [2.24, 2.45) is 0 Å². The lowest BCUT2D eigenvalue weighted by Gasteiger charge is -2.50. The van der Waals surface area contributed by atoms with Crippen molar-refractivity contribution < 1.29 is 168 Å². The minimum atomic E-state index is -2.14. The number of ether oxygens (including phenoxy) is 13. The molecule has 7 rings (SSSR count). The molecule has 0 bridgehead atoms. The zero-order valence-corrected chi connectivity index (χ0v) is 44.4. The predicted molar refractivity (Wildman–Crippen MR) is 252 cm³/mol. The maximum absolute atomic E-state index is 12.3. The standard InChI is InChI=1S/C46H78N2O34/c1-10-21(55)27(61)31(65)44(72-10)82-39-38(81-41-19(47-12(3)52)26(60)23(57)15(5-49)75-41)22(56)11(2)73-46(39)79-36-17(7-51)76-42(34(68)30(36)64)70-8-14(54)35-29(63)33(67)43(78-35)71-9-18-24(58)28(62)32(66)45(77-18)80-37-20(48-13(4)53)40(69)74-16(6-50)25(37)59/h10-11,14-46,49-51,54-69H,5-9H2,1-4H3,(H,47,52)(H,48,53)/t10-,11+,14+,15+,16+,17+,18+,19+,20+,21-,22+,23-,24-,25-,26+,27+,28-,29+,30+,31+,32+,33+,34+,35-,36+,37+,38-,39-,40?,41+,42+,43+,44-,45-,46-/m0/s1. The summed E-state index contributed by atoms with van der Waals surface area (Å²) in [7, 11) is 0. The molecule has 7 aliphatic rings. The largest absolute Gasteiger partial charge is 0.394 e. The van der Waals surface area contributed by atoms with Crippen LogP contribution in [0.2, 0.25) is 0 Å². The summed E-state index contributed by atoms with van der Waals surface area (Å²) in [5, 5.41) is 210. The van der Waals surface area contributed by atoms with Gasteiger partial charge in [0.2, 0.25) is 11.8 Å². The normalized spacial score (nSPS) is 50.6. The fraction of sp³-hybridized carbons (Fsp3) is 0.957. The Morgan fingerprint density at radius 2 is 0.866 bits per heavy atom. The van der Waals surface area contributed by atoms with Crippen LogP contribution in [0.25, 0.3) is 0 Å². The molecule has 2 amide bonds. The number of hydrogen-bond acceptors (Lipinski definition) is 34. The van der Waals surface area contributed by atoms with Gasteiger partial charge in [0.1, 0.15) is 159 Å². The highest BCUT2D eigenvalue weighted by molar-refractivity contribution is 5.73. The van der Waals surface area contributed by atoms with Gasteiger partial charge in [-0.05, 0) is 13.8 Å². The Bertz CT molecular complexity index is 2030. The average Bonchev–Trinajstić information content (AvgIpc) is 3.16. The minimum Gasteiger partial charge on any atom is -0.394 e. The first kappa shape index (κ1) is 67.2. The quantitative estimate of drug-likeness (QED) is 0.0538. The van der Waals surface area contributed by atoms with Crippen LogP contribution in [-0.4, -0.2) is 357 Å². The summed E-state index contributed by atoms with van der Waals surface area (Å²) in [6, 6.07) is -3.11. The zero-order valence-electron chi connectivity index (χ0n) is 44.4. The molecule has 7 heterocycles. The fourth-order valence-corrected chi connectivity index (χ4v) is 10.5. The molecule has 36 nitrogen and oxygen atoms in total. The van der Waals surface area contributed by atoms with Gasteiger partial charge in [-0.25, -0.2) is 0 Å². The summed E-state index contributed by atoms with van der Waals surface area (Å²) >= 11 is 0. The maximum atomic E-state index is 12.3. The Kier molecular flexibility index (Phi) is 23.5. The first-order valence-electron chi connectivity index (χ1n) is 26.3. The summed E-state index contributed by atoms with van der Waals surface area (Å²) in [5.41, 5.74) is 0. The second-order valence-electron chi connectivity index (χ2n) is 21.1. The van der Waals surface area contributed by atoms with Crippen LogP contribution in [0.3, 0.4) is 0 Å². The van der Waals surface area contributed by atoms with Crippen LogP contribution in [0.4, 0.5) is 0 Å². The third-order valence-corrected chi connectivity index (χ3v) is 15.2. The topological polar surface area (TPSA) is 563 Å². The lowest BCUT2D eigenvalue weighted by Crippen LogP contribution is -2.69. The summed E-state index contributed by atoms with van der Waals surface area (Å²) < 4.78 is 74.5. The number of aliphatic hydroxyl groups is 19. The molecule has 0 aromatic carbocycles. The Labute approximate surface area is 465 Å². The fourth-order valence-electron chi connectivity index (χ4n) is 10.5. The molecular formula is C46H78N2O34. The molecule has 0 spiro atoms. The van der Waals surface area contributed by atoms with E-state index in [1.807, 2.05) is 0 Å². The summed E-state index contributed by atoms with van der Waals surface area (Å²) in [4.78, 5) is 24.2. The van der Waals surface area contributed by atoms with Gasteiger partial charge in [0.15, 0.2) is 44.0 Å². The number of amides is 2. The summed E-state index contributed by atoms with van der Waals surface area (Å²) in [6.45, 7) is 0.301. The van der Waals surface area contributed by atoms with Crippen molar-refractivity contribution in [2.45, 2.75) is 243 Å². The van der Waals surface area contributed by atoms with Gasteiger partial charge >= 0.3 is 0 Å². The molecule has 82 heavy (non-hydrogen) atoms. The van der Waals surface area contributed by atoms with Gasteiger partial charge in [-0.15, -0.1) is 0 Å². The van der Waals surface area contributed by atoms with Gasteiger partial charge < -0.3 is 169 Å². The lowest BCUT2D eigenvalue weighted by atomic mass is 9.95. The maximum Gasteiger partial charge on any atom is 0.217 e. The molecule has 7 fully saturated rings. The molecule has 0 saturated carbocycles. The number of aliphatic hydroxyl groups excluding tert-OH is 19. The molecule has 7 aliphatic heterocycles. The van der Waals surface area contributed by atoms with E-state index in [1.54, 1.807) is 0 Å². The van der Waals surface area contributed by atoms with Crippen molar-refractivity contribution in [2.75, 3.05) is 33.0 Å². The second-order valence-corrected chi connectivity index (χ2v) is 21.1. The third-order valence-electron chi connectivity index (χ3n) is 15.2.